The van der Waals surface area contributed by atoms with Gasteiger partial charge in [0.1, 0.15) is 0 Å². The Morgan fingerprint density at radius 2 is 1.96 bits per heavy atom. The number of halogens is 1. The molecule has 1 heterocycles. The first-order chi connectivity index (χ1) is 13.3. The summed E-state index contributed by atoms with van der Waals surface area (Å²) >= 11 is 0. The number of benzene rings is 1. The molecule has 0 amide bonds. The van der Waals surface area contributed by atoms with Gasteiger partial charge in [0.15, 0.2) is 5.96 Å². The van der Waals surface area contributed by atoms with E-state index in [0.717, 1.165) is 44.0 Å². The van der Waals surface area contributed by atoms with Crippen molar-refractivity contribution in [3.8, 4) is 0 Å². The van der Waals surface area contributed by atoms with E-state index >= 15 is 0 Å². The van der Waals surface area contributed by atoms with Crippen molar-refractivity contribution in [2.75, 3.05) is 33.9 Å². The standard InChI is InChI=1S/C22H32N4O.HI/c1-23-21(26-17-22(13-16-27-2)11-3-4-12-22)25-15-10-19-8-5-7-18-9-6-14-24-20(18)19;/h5-9,14H,3-4,10-13,15-17H2,1-2H3,(H2,23,25,26);1H. The van der Waals surface area contributed by atoms with Gasteiger partial charge in [-0.3, -0.25) is 9.98 Å². The molecule has 0 atom stereocenters. The van der Waals surface area contributed by atoms with Crippen molar-refractivity contribution in [1.82, 2.24) is 15.6 Å². The van der Waals surface area contributed by atoms with Crippen molar-refractivity contribution >= 4 is 40.8 Å². The Kier molecular flexibility index (Phi) is 9.44. The van der Waals surface area contributed by atoms with E-state index in [1.165, 1.54) is 36.6 Å². The molecule has 0 bridgehead atoms. The van der Waals surface area contributed by atoms with Gasteiger partial charge in [0.05, 0.1) is 5.52 Å². The third kappa shape index (κ3) is 6.04. The summed E-state index contributed by atoms with van der Waals surface area (Å²) in [7, 11) is 3.63. The lowest BCUT2D eigenvalue weighted by Crippen LogP contribution is -2.43. The number of nitrogens with zero attached hydrogens (tertiary/aromatic N) is 2. The van der Waals surface area contributed by atoms with E-state index in [0.29, 0.717) is 5.41 Å². The van der Waals surface area contributed by atoms with Crippen LogP contribution in [-0.4, -0.2) is 44.8 Å². The minimum Gasteiger partial charge on any atom is -0.385 e. The fourth-order valence-electron chi connectivity index (χ4n) is 4.14. The number of aromatic nitrogens is 1. The number of methoxy groups -OCH3 is 1. The summed E-state index contributed by atoms with van der Waals surface area (Å²) in [5.41, 5.74) is 2.71. The van der Waals surface area contributed by atoms with Crippen LogP contribution in [-0.2, 0) is 11.2 Å². The fraction of sp³-hybridized carbons (Fsp3) is 0.545. The maximum atomic E-state index is 5.33. The van der Waals surface area contributed by atoms with Crippen LogP contribution in [0.2, 0.25) is 0 Å². The van der Waals surface area contributed by atoms with Crippen LogP contribution in [0.15, 0.2) is 41.5 Å². The van der Waals surface area contributed by atoms with Crippen LogP contribution in [0.3, 0.4) is 0 Å². The number of pyridine rings is 1. The highest BCUT2D eigenvalue weighted by Crippen LogP contribution is 2.40. The van der Waals surface area contributed by atoms with E-state index in [9.17, 15) is 0 Å². The number of fused-ring (bicyclic) bond motifs is 1. The lowest BCUT2D eigenvalue weighted by atomic mass is 9.83. The summed E-state index contributed by atoms with van der Waals surface area (Å²) in [4.78, 5) is 8.94. The second kappa shape index (κ2) is 11.6. The Bertz CT molecular complexity index is 754. The minimum absolute atomic E-state index is 0. The molecule has 0 saturated heterocycles. The first-order valence-electron chi connectivity index (χ1n) is 10.0. The molecule has 1 aromatic heterocycles. The molecule has 0 aliphatic heterocycles. The molecule has 28 heavy (non-hydrogen) atoms. The maximum absolute atomic E-state index is 5.33. The molecule has 1 aliphatic rings. The van der Waals surface area contributed by atoms with Crippen LogP contribution in [0.4, 0.5) is 0 Å². The smallest absolute Gasteiger partial charge is 0.191 e. The van der Waals surface area contributed by atoms with E-state index in [1.807, 2.05) is 19.3 Å². The van der Waals surface area contributed by atoms with Crippen molar-refractivity contribution in [3.63, 3.8) is 0 Å². The van der Waals surface area contributed by atoms with Gasteiger partial charge in [-0.25, -0.2) is 0 Å². The van der Waals surface area contributed by atoms with Gasteiger partial charge < -0.3 is 15.4 Å². The highest BCUT2D eigenvalue weighted by Gasteiger charge is 2.33. The Hall–Kier alpha value is -1.41. The number of hydrogen-bond acceptors (Lipinski definition) is 3. The summed E-state index contributed by atoms with van der Waals surface area (Å²) in [5, 5.41) is 8.21. The van der Waals surface area contributed by atoms with Crippen molar-refractivity contribution in [1.29, 1.82) is 0 Å². The summed E-state index contributed by atoms with van der Waals surface area (Å²) in [6.07, 6.45) is 9.11. The molecule has 154 valence electrons. The highest BCUT2D eigenvalue weighted by molar-refractivity contribution is 14.0. The Morgan fingerprint density at radius 3 is 2.71 bits per heavy atom. The van der Waals surface area contributed by atoms with E-state index in [1.54, 1.807) is 7.11 Å². The molecule has 1 fully saturated rings. The molecule has 5 nitrogen and oxygen atoms in total. The van der Waals surface area contributed by atoms with Gasteiger partial charge in [-0.2, -0.15) is 0 Å². The minimum atomic E-state index is 0. The number of rotatable bonds is 8. The van der Waals surface area contributed by atoms with E-state index in [2.05, 4.69) is 44.9 Å². The molecule has 1 aliphatic carbocycles. The van der Waals surface area contributed by atoms with Gasteiger partial charge in [0, 0.05) is 45.4 Å². The summed E-state index contributed by atoms with van der Waals surface area (Å²) < 4.78 is 5.33. The molecule has 6 heteroatoms. The Balaban J connectivity index is 0.00000280. The molecule has 2 aromatic rings. The van der Waals surface area contributed by atoms with Crippen molar-refractivity contribution in [2.24, 2.45) is 10.4 Å². The van der Waals surface area contributed by atoms with Crippen LogP contribution < -0.4 is 10.6 Å². The van der Waals surface area contributed by atoms with Crippen molar-refractivity contribution in [3.05, 3.63) is 42.1 Å². The molecule has 0 spiro atoms. The average Bonchev–Trinajstić information content (AvgIpc) is 3.18. The third-order valence-electron chi connectivity index (χ3n) is 5.76. The van der Waals surface area contributed by atoms with Crippen LogP contribution in [0.25, 0.3) is 10.9 Å². The first-order valence-corrected chi connectivity index (χ1v) is 10.0. The van der Waals surface area contributed by atoms with Gasteiger partial charge in [-0.1, -0.05) is 37.1 Å². The average molecular weight is 496 g/mol. The maximum Gasteiger partial charge on any atom is 0.191 e. The summed E-state index contributed by atoms with van der Waals surface area (Å²) in [5.74, 6) is 0.881. The summed E-state index contributed by atoms with van der Waals surface area (Å²) in [6, 6.07) is 10.5. The lowest BCUT2D eigenvalue weighted by Gasteiger charge is -2.30. The van der Waals surface area contributed by atoms with Crippen LogP contribution >= 0.6 is 24.0 Å². The largest absolute Gasteiger partial charge is 0.385 e. The molecule has 2 N–H and O–H groups in total. The number of ether oxygens (including phenoxy) is 1. The van der Waals surface area contributed by atoms with Gasteiger partial charge in [-0.05, 0) is 42.7 Å². The van der Waals surface area contributed by atoms with Crippen LogP contribution in [0, 0.1) is 5.41 Å². The van der Waals surface area contributed by atoms with Gasteiger partial charge >= 0.3 is 0 Å². The van der Waals surface area contributed by atoms with E-state index in [4.69, 9.17) is 4.74 Å². The zero-order valence-electron chi connectivity index (χ0n) is 17.0. The van der Waals surface area contributed by atoms with Crippen LogP contribution in [0.1, 0.15) is 37.7 Å². The molecular weight excluding hydrogens is 463 g/mol. The van der Waals surface area contributed by atoms with E-state index in [-0.39, 0.29) is 24.0 Å². The van der Waals surface area contributed by atoms with Gasteiger partial charge in [0.25, 0.3) is 0 Å². The zero-order valence-corrected chi connectivity index (χ0v) is 19.4. The Labute approximate surface area is 185 Å². The predicted octanol–water partition coefficient (Wildman–Crippen LogP) is 4.16. The molecule has 0 radical (unpaired) electrons. The van der Waals surface area contributed by atoms with Gasteiger partial charge in [-0.15, -0.1) is 24.0 Å². The number of aliphatic imine (C=N–C) groups is 1. The lowest BCUT2D eigenvalue weighted by molar-refractivity contribution is 0.138. The normalized spacial score (nSPS) is 16.0. The molecule has 1 saturated carbocycles. The monoisotopic (exact) mass is 496 g/mol. The van der Waals surface area contributed by atoms with Crippen molar-refractivity contribution < 1.29 is 4.74 Å². The highest BCUT2D eigenvalue weighted by atomic mass is 127. The molecule has 0 unspecified atom stereocenters. The fourth-order valence-corrected chi connectivity index (χ4v) is 4.14. The molecular formula is C22H33IN4O. The van der Waals surface area contributed by atoms with Crippen molar-refractivity contribution in [2.45, 2.75) is 38.5 Å². The number of guanidine groups is 1. The SMILES string of the molecule is CN=C(NCCc1cccc2cccnc12)NCC1(CCOC)CCCC1.I. The number of para-hydroxylation sites is 1. The van der Waals surface area contributed by atoms with Gasteiger partial charge in [0.2, 0.25) is 0 Å². The molecule has 1 aromatic carbocycles. The van der Waals surface area contributed by atoms with E-state index < -0.39 is 0 Å². The second-order valence-corrected chi connectivity index (χ2v) is 7.54. The quantitative estimate of drug-likeness (QED) is 0.328. The summed E-state index contributed by atoms with van der Waals surface area (Å²) in [6.45, 7) is 2.63. The van der Waals surface area contributed by atoms with Crippen LogP contribution in [0.5, 0.6) is 0 Å². The topological polar surface area (TPSA) is 58.5 Å². The second-order valence-electron chi connectivity index (χ2n) is 7.54. The first kappa shape index (κ1) is 22.9. The molecule has 3 rings (SSSR count). The zero-order chi connectivity index (χ0) is 19.0. The Morgan fingerprint density at radius 1 is 1.18 bits per heavy atom. The third-order valence-corrected chi connectivity index (χ3v) is 5.76. The predicted molar refractivity (Wildman–Crippen MR) is 128 cm³/mol. The number of nitrogens with one attached hydrogen (secondary N) is 2. The number of hydrogen-bond donors (Lipinski definition) is 2.